The first-order valence-electron chi connectivity index (χ1n) is 7.28. The van der Waals surface area contributed by atoms with Crippen LogP contribution in [0.4, 0.5) is 4.39 Å². The van der Waals surface area contributed by atoms with Crippen molar-refractivity contribution in [2.75, 3.05) is 6.61 Å². The normalized spacial score (nSPS) is 10.5. The molecule has 0 saturated carbocycles. The Balaban J connectivity index is 1.55. The summed E-state index contributed by atoms with van der Waals surface area (Å²) in [5.41, 5.74) is 0.737. The molecule has 6 heteroatoms. The molecule has 0 fully saturated rings. The Hall–Kier alpha value is -3.15. The van der Waals surface area contributed by atoms with Crippen molar-refractivity contribution in [3.8, 4) is 5.75 Å². The van der Waals surface area contributed by atoms with E-state index < -0.39 is 5.63 Å². The lowest BCUT2D eigenvalue weighted by molar-refractivity contribution is -0.123. The molecule has 1 aromatic heterocycles. The molecule has 0 bridgehead atoms. The molecule has 122 valence electrons. The van der Waals surface area contributed by atoms with Crippen molar-refractivity contribution in [1.82, 2.24) is 5.32 Å². The first kappa shape index (κ1) is 15.7. The summed E-state index contributed by atoms with van der Waals surface area (Å²) in [7, 11) is 0. The fourth-order valence-corrected chi connectivity index (χ4v) is 2.13. The molecule has 1 N–H and O–H groups in total. The van der Waals surface area contributed by atoms with Crippen LogP contribution >= 0.6 is 0 Å². The van der Waals surface area contributed by atoms with Crippen molar-refractivity contribution in [3.63, 3.8) is 0 Å². The minimum Gasteiger partial charge on any atom is -0.484 e. The van der Waals surface area contributed by atoms with Gasteiger partial charge < -0.3 is 14.5 Å². The Kier molecular flexibility index (Phi) is 4.56. The molecule has 1 amide bonds. The van der Waals surface area contributed by atoms with E-state index in [0.29, 0.717) is 11.3 Å². The van der Waals surface area contributed by atoms with Crippen molar-refractivity contribution in [2.45, 2.75) is 6.54 Å². The maximum Gasteiger partial charge on any atom is 0.336 e. The number of rotatable bonds is 5. The van der Waals surface area contributed by atoms with Crippen LogP contribution in [0, 0.1) is 5.82 Å². The van der Waals surface area contributed by atoms with Crippen LogP contribution in [0.25, 0.3) is 11.0 Å². The van der Waals surface area contributed by atoms with E-state index >= 15 is 0 Å². The molecule has 0 aliphatic heterocycles. The van der Waals surface area contributed by atoms with Gasteiger partial charge in [-0.1, -0.05) is 12.1 Å². The molecule has 5 nitrogen and oxygen atoms in total. The zero-order valence-corrected chi connectivity index (χ0v) is 12.6. The average Bonchev–Trinajstić information content (AvgIpc) is 2.59. The minimum atomic E-state index is -0.448. The van der Waals surface area contributed by atoms with E-state index in [9.17, 15) is 14.0 Å². The van der Waals surface area contributed by atoms with Crippen LogP contribution in [0.5, 0.6) is 5.75 Å². The van der Waals surface area contributed by atoms with Gasteiger partial charge in [0.2, 0.25) is 0 Å². The Morgan fingerprint density at radius 3 is 2.62 bits per heavy atom. The molecule has 0 spiro atoms. The number of hydrogen-bond donors (Lipinski definition) is 1. The summed E-state index contributed by atoms with van der Waals surface area (Å²) in [6, 6.07) is 13.8. The Morgan fingerprint density at radius 2 is 1.83 bits per heavy atom. The third-order valence-corrected chi connectivity index (χ3v) is 3.37. The summed E-state index contributed by atoms with van der Waals surface area (Å²) < 4.78 is 23.2. The summed E-state index contributed by atoms with van der Waals surface area (Å²) in [5, 5.41) is 3.44. The fourth-order valence-electron chi connectivity index (χ4n) is 2.13. The van der Waals surface area contributed by atoms with Crippen LogP contribution < -0.4 is 15.7 Å². The Bertz CT molecular complexity index is 918. The SMILES string of the molecule is O=C(COc1ccc2ccc(=O)oc2c1)NCc1ccc(F)cc1. The van der Waals surface area contributed by atoms with Gasteiger partial charge in [-0.3, -0.25) is 4.79 Å². The van der Waals surface area contributed by atoms with Crippen molar-refractivity contribution < 1.29 is 18.3 Å². The highest BCUT2D eigenvalue weighted by Gasteiger charge is 2.05. The van der Waals surface area contributed by atoms with Gasteiger partial charge in [0.1, 0.15) is 17.1 Å². The first-order valence-corrected chi connectivity index (χ1v) is 7.28. The van der Waals surface area contributed by atoms with Crippen molar-refractivity contribution in [1.29, 1.82) is 0 Å². The van der Waals surface area contributed by atoms with Gasteiger partial charge >= 0.3 is 5.63 Å². The number of fused-ring (bicyclic) bond motifs is 1. The van der Waals surface area contributed by atoms with Gasteiger partial charge in [-0.25, -0.2) is 9.18 Å². The maximum atomic E-state index is 12.8. The average molecular weight is 327 g/mol. The lowest BCUT2D eigenvalue weighted by atomic mass is 10.2. The van der Waals surface area contributed by atoms with Gasteiger partial charge in [0.05, 0.1) is 0 Å². The van der Waals surface area contributed by atoms with Crippen molar-refractivity contribution in [2.24, 2.45) is 0 Å². The van der Waals surface area contributed by atoms with Gasteiger partial charge in [-0.2, -0.15) is 0 Å². The molecule has 0 aliphatic rings. The summed E-state index contributed by atoms with van der Waals surface area (Å²) in [6.07, 6.45) is 0. The van der Waals surface area contributed by atoms with Gasteiger partial charge in [0.25, 0.3) is 5.91 Å². The number of hydrogen-bond acceptors (Lipinski definition) is 4. The highest BCUT2D eigenvalue weighted by atomic mass is 19.1. The second-order valence-electron chi connectivity index (χ2n) is 5.15. The van der Waals surface area contributed by atoms with Crippen LogP contribution in [0.3, 0.4) is 0 Å². The van der Waals surface area contributed by atoms with Crippen molar-refractivity contribution >= 4 is 16.9 Å². The molecule has 0 unspecified atom stereocenters. The molecule has 0 atom stereocenters. The Morgan fingerprint density at radius 1 is 1.08 bits per heavy atom. The van der Waals surface area contributed by atoms with Gasteiger partial charge in [-0.05, 0) is 35.9 Å². The molecule has 2 aromatic carbocycles. The highest BCUT2D eigenvalue weighted by molar-refractivity contribution is 5.79. The predicted molar refractivity (Wildman–Crippen MR) is 86.2 cm³/mol. The molecule has 1 heterocycles. The predicted octanol–water partition coefficient (Wildman–Crippen LogP) is 2.63. The van der Waals surface area contributed by atoms with E-state index in [0.717, 1.165) is 10.9 Å². The minimum absolute atomic E-state index is 0.177. The van der Waals surface area contributed by atoms with Crippen molar-refractivity contribution in [3.05, 3.63) is 76.4 Å². The van der Waals surface area contributed by atoms with E-state index in [1.54, 1.807) is 36.4 Å². The lowest BCUT2D eigenvalue weighted by Gasteiger charge is -2.08. The Labute approximate surface area is 136 Å². The number of carbonyl (C=O) groups is 1. The first-order chi connectivity index (χ1) is 11.6. The summed E-state index contributed by atoms with van der Waals surface area (Å²) in [5.74, 6) is -0.209. The third-order valence-electron chi connectivity index (χ3n) is 3.37. The number of nitrogens with one attached hydrogen (secondary N) is 1. The zero-order valence-electron chi connectivity index (χ0n) is 12.6. The third kappa shape index (κ3) is 3.98. The van der Waals surface area contributed by atoms with Gasteiger partial charge in [0.15, 0.2) is 6.61 Å². The van der Waals surface area contributed by atoms with E-state index in [2.05, 4.69) is 5.32 Å². The fraction of sp³-hybridized carbons (Fsp3) is 0.111. The summed E-state index contributed by atoms with van der Waals surface area (Å²) in [6.45, 7) is 0.110. The zero-order chi connectivity index (χ0) is 16.9. The molecule has 0 aliphatic carbocycles. The van der Waals surface area contributed by atoms with E-state index in [-0.39, 0.29) is 24.9 Å². The van der Waals surface area contributed by atoms with Crippen LogP contribution in [-0.2, 0) is 11.3 Å². The smallest absolute Gasteiger partial charge is 0.336 e. The van der Waals surface area contributed by atoms with Crippen LogP contribution in [0.1, 0.15) is 5.56 Å². The van der Waals surface area contributed by atoms with Crippen LogP contribution in [0.2, 0.25) is 0 Å². The van der Waals surface area contributed by atoms with Crippen LogP contribution in [0.15, 0.2) is 63.8 Å². The molecule has 0 saturated heterocycles. The molecule has 3 rings (SSSR count). The van der Waals surface area contributed by atoms with Gasteiger partial charge in [0, 0.05) is 24.1 Å². The second-order valence-corrected chi connectivity index (χ2v) is 5.15. The quantitative estimate of drug-likeness (QED) is 0.732. The summed E-state index contributed by atoms with van der Waals surface area (Å²) in [4.78, 5) is 23.0. The molecular weight excluding hydrogens is 313 g/mol. The van der Waals surface area contributed by atoms with E-state index in [1.165, 1.54) is 18.2 Å². The largest absolute Gasteiger partial charge is 0.484 e. The van der Waals surface area contributed by atoms with Crippen LogP contribution in [-0.4, -0.2) is 12.5 Å². The van der Waals surface area contributed by atoms with E-state index in [1.807, 2.05) is 0 Å². The molecular formula is C18H14FNO4. The van der Waals surface area contributed by atoms with E-state index in [4.69, 9.17) is 9.15 Å². The summed E-state index contributed by atoms with van der Waals surface area (Å²) >= 11 is 0. The lowest BCUT2D eigenvalue weighted by Crippen LogP contribution is -2.28. The number of carbonyl (C=O) groups excluding carboxylic acids is 1. The maximum absolute atomic E-state index is 12.8. The molecule has 3 aromatic rings. The monoisotopic (exact) mass is 327 g/mol. The number of benzene rings is 2. The number of halogens is 1. The molecule has 24 heavy (non-hydrogen) atoms. The number of ether oxygens (including phenoxy) is 1. The molecule has 0 radical (unpaired) electrons. The second kappa shape index (κ2) is 6.95. The topological polar surface area (TPSA) is 68.5 Å². The number of amides is 1. The standard InChI is InChI=1S/C18H14FNO4/c19-14-5-1-12(2-6-14)10-20-17(21)11-23-15-7-3-13-4-8-18(22)24-16(13)9-15/h1-9H,10-11H2,(H,20,21). The van der Waals surface area contributed by atoms with Gasteiger partial charge in [-0.15, -0.1) is 0 Å². The highest BCUT2D eigenvalue weighted by Crippen LogP contribution is 2.19.